The van der Waals surface area contributed by atoms with Crippen LogP contribution in [0.3, 0.4) is 0 Å². The molecule has 0 bridgehead atoms. The molecular weight excluding hydrogens is 406 g/mol. The van der Waals surface area contributed by atoms with Crippen LogP contribution >= 0.6 is 12.2 Å². The Morgan fingerprint density at radius 3 is 2.40 bits per heavy atom. The number of nitrogens with zero attached hydrogens (tertiary/aromatic N) is 4. The van der Waals surface area contributed by atoms with E-state index in [9.17, 15) is 19.9 Å². The molecule has 1 aliphatic rings. The van der Waals surface area contributed by atoms with Crippen molar-refractivity contribution in [3.63, 3.8) is 0 Å². The van der Waals surface area contributed by atoms with E-state index in [2.05, 4.69) is 15.5 Å². The van der Waals surface area contributed by atoms with E-state index >= 15 is 0 Å². The highest BCUT2D eigenvalue weighted by atomic mass is 32.1. The Morgan fingerprint density at radius 1 is 1.23 bits per heavy atom. The van der Waals surface area contributed by atoms with Crippen molar-refractivity contribution in [2.45, 2.75) is 39.8 Å². The SMILES string of the molecule is CCn1c(O)c(C=N/C(=N/O)c2ccc(NC(=O)C3CC3)cc2)c(=O)n(CC)c1=S. The Kier molecular flexibility index (Phi) is 6.46. The number of hydrogen-bond acceptors (Lipinski definition) is 6. The smallest absolute Gasteiger partial charge is 0.267 e. The number of aromatic hydroxyl groups is 1. The Balaban J connectivity index is 1.88. The number of rotatable bonds is 6. The van der Waals surface area contributed by atoms with Crippen LogP contribution in [0.5, 0.6) is 5.88 Å². The second kappa shape index (κ2) is 9.04. The number of carbonyl (C=O) groups is 1. The zero-order valence-electron chi connectivity index (χ0n) is 16.7. The van der Waals surface area contributed by atoms with Gasteiger partial charge in [-0.2, -0.15) is 0 Å². The molecule has 3 N–H and O–H groups in total. The van der Waals surface area contributed by atoms with Gasteiger partial charge in [-0.3, -0.25) is 18.7 Å². The molecule has 1 saturated carbocycles. The standard InChI is InChI=1S/C20H23N5O4S/c1-3-24-18(27)15(19(28)25(4-2)20(24)30)11-21-16(23-29)12-7-9-14(10-8-12)22-17(26)13-5-6-13/h7-11,13,27,29H,3-6H2,1-2H3,(H,22,26)/b21-11?,23-16+. The molecule has 1 amide bonds. The van der Waals surface area contributed by atoms with Crippen LogP contribution in [0.25, 0.3) is 0 Å². The summed E-state index contributed by atoms with van der Waals surface area (Å²) in [6.45, 7) is 4.29. The second-order valence-corrected chi connectivity index (χ2v) is 7.20. The molecule has 0 aliphatic heterocycles. The maximum atomic E-state index is 12.6. The lowest BCUT2D eigenvalue weighted by Crippen LogP contribution is -2.28. The molecule has 0 spiro atoms. The maximum Gasteiger partial charge on any atom is 0.267 e. The number of anilines is 1. The van der Waals surface area contributed by atoms with Gasteiger partial charge in [0.15, 0.2) is 10.6 Å². The van der Waals surface area contributed by atoms with Gasteiger partial charge in [-0.15, -0.1) is 0 Å². The lowest BCUT2D eigenvalue weighted by atomic mass is 10.2. The number of benzene rings is 1. The molecular formula is C20H23N5O4S. The summed E-state index contributed by atoms with van der Waals surface area (Å²) in [5.74, 6) is -0.260. The number of oxime groups is 1. The van der Waals surface area contributed by atoms with E-state index in [-0.39, 0.29) is 33.9 Å². The fraction of sp³-hybridized carbons (Fsp3) is 0.350. The topological polar surface area (TPSA) is 121 Å². The molecule has 1 aromatic carbocycles. The van der Waals surface area contributed by atoms with Crippen LogP contribution in [0, 0.1) is 10.7 Å². The van der Waals surface area contributed by atoms with Crippen molar-refractivity contribution < 1.29 is 15.1 Å². The quantitative estimate of drug-likeness (QED) is 0.214. The fourth-order valence-electron chi connectivity index (χ4n) is 2.96. The minimum Gasteiger partial charge on any atom is -0.494 e. The van der Waals surface area contributed by atoms with Gasteiger partial charge < -0.3 is 15.6 Å². The van der Waals surface area contributed by atoms with Gasteiger partial charge in [0.25, 0.3) is 5.56 Å². The van der Waals surface area contributed by atoms with Gasteiger partial charge >= 0.3 is 0 Å². The van der Waals surface area contributed by atoms with Gasteiger partial charge in [0.05, 0.1) is 0 Å². The zero-order chi connectivity index (χ0) is 21.8. The Morgan fingerprint density at radius 2 is 1.87 bits per heavy atom. The summed E-state index contributed by atoms with van der Waals surface area (Å²) in [5.41, 5.74) is 0.563. The van der Waals surface area contributed by atoms with Gasteiger partial charge in [-0.1, -0.05) is 5.16 Å². The van der Waals surface area contributed by atoms with Crippen molar-refractivity contribution in [1.82, 2.24) is 9.13 Å². The van der Waals surface area contributed by atoms with Crippen LogP contribution in [0.15, 0.2) is 39.2 Å². The van der Waals surface area contributed by atoms with Crippen LogP contribution in [-0.4, -0.2) is 37.4 Å². The third kappa shape index (κ3) is 4.33. The summed E-state index contributed by atoms with van der Waals surface area (Å²) >= 11 is 5.25. The van der Waals surface area contributed by atoms with Gasteiger partial charge in [0.1, 0.15) is 5.56 Å². The molecule has 158 valence electrons. The number of amides is 1. The predicted molar refractivity (Wildman–Crippen MR) is 116 cm³/mol. The lowest BCUT2D eigenvalue weighted by Gasteiger charge is -2.13. The largest absolute Gasteiger partial charge is 0.494 e. The normalized spacial score (nSPS) is 14.3. The first-order valence-corrected chi connectivity index (χ1v) is 10.1. The molecule has 2 aromatic rings. The molecule has 3 rings (SSSR count). The second-order valence-electron chi connectivity index (χ2n) is 6.84. The number of amidine groups is 1. The van der Waals surface area contributed by atoms with Crippen LogP contribution in [-0.2, 0) is 17.9 Å². The molecule has 0 saturated heterocycles. The fourth-order valence-corrected chi connectivity index (χ4v) is 3.39. The van der Waals surface area contributed by atoms with Crippen molar-refractivity contribution >= 4 is 35.9 Å². The molecule has 1 aromatic heterocycles. The van der Waals surface area contributed by atoms with E-state index in [1.54, 1.807) is 38.1 Å². The molecule has 0 radical (unpaired) electrons. The highest BCUT2D eigenvalue weighted by Crippen LogP contribution is 2.30. The molecule has 0 unspecified atom stereocenters. The zero-order valence-corrected chi connectivity index (χ0v) is 17.5. The van der Waals surface area contributed by atoms with Crippen molar-refractivity contribution in [3.05, 3.63) is 50.5 Å². The van der Waals surface area contributed by atoms with Crippen LogP contribution in [0.2, 0.25) is 0 Å². The van der Waals surface area contributed by atoms with Gasteiger partial charge in [0, 0.05) is 36.5 Å². The van der Waals surface area contributed by atoms with Crippen LogP contribution < -0.4 is 10.9 Å². The van der Waals surface area contributed by atoms with Crippen molar-refractivity contribution in [3.8, 4) is 5.88 Å². The number of hydrogen-bond donors (Lipinski definition) is 3. The first-order valence-electron chi connectivity index (χ1n) is 9.65. The van der Waals surface area contributed by atoms with Crippen LogP contribution in [0.1, 0.15) is 37.8 Å². The van der Waals surface area contributed by atoms with Crippen molar-refractivity contribution in [2.24, 2.45) is 16.1 Å². The number of nitrogens with one attached hydrogen (secondary N) is 1. The molecule has 1 aliphatic carbocycles. The average molecular weight is 430 g/mol. The monoisotopic (exact) mass is 429 g/mol. The first kappa shape index (κ1) is 21.4. The van der Waals surface area contributed by atoms with E-state index in [0.29, 0.717) is 24.3 Å². The third-order valence-corrected chi connectivity index (χ3v) is 5.28. The minimum atomic E-state index is -0.483. The molecule has 30 heavy (non-hydrogen) atoms. The molecule has 1 fully saturated rings. The highest BCUT2D eigenvalue weighted by Gasteiger charge is 2.29. The van der Waals surface area contributed by atoms with E-state index in [1.165, 1.54) is 9.13 Å². The molecule has 9 nitrogen and oxygen atoms in total. The summed E-state index contributed by atoms with van der Waals surface area (Å²) in [4.78, 5) is 28.6. The van der Waals surface area contributed by atoms with Crippen LogP contribution in [0.4, 0.5) is 5.69 Å². The van der Waals surface area contributed by atoms with Gasteiger partial charge in [0.2, 0.25) is 11.8 Å². The van der Waals surface area contributed by atoms with E-state index in [0.717, 1.165) is 19.1 Å². The number of aromatic nitrogens is 2. The Labute approximate surface area is 178 Å². The Hall–Kier alpha value is -3.27. The molecule has 0 atom stereocenters. The van der Waals surface area contributed by atoms with E-state index in [4.69, 9.17) is 12.2 Å². The van der Waals surface area contributed by atoms with Crippen molar-refractivity contribution in [1.29, 1.82) is 0 Å². The summed E-state index contributed by atoms with van der Waals surface area (Å²) in [6.07, 6.45) is 2.98. The summed E-state index contributed by atoms with van der Waals surface area (Å²) in [7, 11) is 0. The minimum absolute atomic E-state index is 0.00564. The number of aliphatic imine (C=N–C) groups is 1. The summed E-state index contributed by atoms with van der Waals surface area (Å²) < 4.78 is 3.00. The van der Waals surface area contributed by atoms with Crippen molar-refractivity contribution in [2.75, 3.05) is 5.32 Å². The van der Waals surface area contributed by atoms with E-state index in [1.807, 2.05) is 0 Å². The Bertz CT molecular complexity index is 1130. The summed E-state index contributed by atoms with van der Waals surface area (Å²) in [6, 6.07) is 6.62. The number of carbonyl (C=O) groups excluding carboxylic acids is 1. The molecule has 10 heteroatoms. The summed E-state index contributed by atoms with van der Waals surface area (Å²) in [5, 5.41) is 25.8. The van der Waals surface area contributed by atoms with E-state index < -0.39 is 5.56 Å². The highest BCUT2D eigenvalue weighted by molar-refractivity contribution is 7.71. The van der Waals surface area contributed by atoms with Gasteiger partial charge in [-0.05, 0) is 63.2 Å². The lowest BCUT2D eigenvalue weighted by molar-refractivity contribution is -0.117. The van der Waals surface area contributed by atoms with Gasteiger partial charge in [-0.25, -0.2) is 4.99 Å². The molecule has 1 heterocycles. The first-order chi connectivity index (χ1) is 14.4. The third-order valence-electron chi connectivity index (χ3n) is 4.84. The predicted octanol–water partition coefficient (Wildman–Crippen LogP) is 2.73. The maximum absolute atomic E-state index is 12.6. The average Bonchev–Trinajstić information content (AvgIpc) is 3.58.